The minimum absolute atomic E-state index is 0.0407. The summed E-state index contributed by atoms with van der Waals surface area (Å²) < 4.78 is 0. The molecule has 0 saturated carbocycles. The van der Waals surface area contributed by atoms with Crippen molar-refractivity contribution in [2.75, 3.05) is 13.1 Å². The van der Waals surface area contributed by atoms with Crippen LogP contribution in [0, 0.1) is 0 Å². The van der Waals surface area contributed by atoms with E-state index in [0.717, 1.165) is 31.5 Å². The topological polar surface area (TPSA) is 41.1 Å². The number of piperidine rings is 1. The van der Waals surface area contributed by atoms with Crippen LogP contribution in [0.15, 0.2) is 24.3 Å². The molecule has 1 fully saturated rings. The molecule has 2 N–H and O–H groups in total. The molecule has 0 spiro atoms. The molecule has 3 heteroatoms. The summed E-state index contributed by atoms with van der Waals surface area (Å²) in [6, 6.07) is 8.19. The van der Waals surface area contributed by atoms with Crippen molar-refractivity contribution in [3.05, 3.63) is 35.4 Å². The molecule has 1 aliphatic heterocycles. The maximum Gasteiger partial charge on any atom is 0.251 e. The first kappa shape index (κ1) is 13.1. The molecular formula is C15H22N2O. The third-order valence-corrected chi connectivity index (χ3v) is 3.47. The van der Waals surface area contributed by atoms with Gasteiger partial charge in [0.05, 0.1) is 0 Å². The van der Waals surface area contributed by atoms with Gasteiger partial charge >= 0.3 is 0 Å². The second-order valence-corrected chi connectivity index (χ2v) is 5.29. The SMILES string of the molecule is CC(C)c1ccc(C(=O)NC2CCCNC2)cc1. The number of hydrogen-bond donors (Lipinski definition) is 2. The second-order valence-electron chi connectivity index (χ2n) is 5.29. The molecule has 3 nitrogen and oxygen atoms in total. The molecule has 1 atom stereocenters. The zero-order valence-electron chi connectivity index (χ0n) is 11.2. The molecule has 1 aromatic rings. The number of rotatable bonds is 3. The monoisotopic (exact) mass is 246 g/mol. The van der Waals surface area contributed by atoms with E-state index in [-0.39, 0.29) is 11.9 Å². The van der Waals surface area contributed by atoms with E-state index >= 15 is 0 Å². The highest BCUT2D eigenvalue weighted by molar-refractivity contribution is 5.94. The average Bonchev–Trinajstić information content (AvgIpc) is 2.40. The van der Waals surface area contributed by atoms with E-state index in [4.69, 9.17) is 0 Å². The van der Waals surface area contributed by atoms with E-state index in [9.17, 15) is 4.79 Å². The number of carbonyl (C=O) groups excluding carboxylic acids is 1. The Balaban J connectivity index is 1.95. The Morgan fingerprint density at radius 1 is 1.33 bits per heavy atom. The zero-order valence-corrected chi connectivity index (χ0v) is 11.2. The summed E-state index contributed by atoms with van der Waals surface area (Å²) >= 11 is 0. The molecule has 1 unspecified atom stereocenters. The fourth-order valence-corrected chi connectivity index (χ4v) is 2.26. The molecule has 1 amide bonds. The highest BCUT2D eigenvalue weighted by Crippen LogP contribution is 2.14. The standard InChI is InChI=1S/C15H22N2O/c1-11(2)12-5-7-13(8-6-12)15(18)17-14-4-3-9-16-10-14/h5-8,11,14,16H,3-4,9-10H2,1-2H3,(H,17,18). The minimum atomic E-state index is 0.0407. The largest absolute Gasteiger partial charge is 0.348 e. The fourth-order valence-electron chi connectivity index (χ4n) is 2.26. The number of amides is 1. The average molecular weight is 246 g/mol. The van der Waals surface area contributed by atoms with Gasteiger partial charge in [0.1, 0.15) is 0 Å². The summed E-state index contributed by atoms with van der Waals surface area (Å²) in [5.74, 6) is 0.545. The molecule has 0 aliphatic carbocycles. The summed E-state index contributed by atoms with van der Waals surface area (Å²) in [5.41, 5.74) is 2.02. The molecule has 2 rings (SSSR count). The normalized spacial score (nSPS) is 19.8. The molecule has 1 heterocycles. The van der Waals surface area contributed by atoms with Crippen LogP contribution in [0.1, 0.15) is 48.5 Å². The molecule has 0 aromatic heterocycles. The van der Waals surface area contributed by atoms with Crippen molar-refractivity contribution < 1.29 is 4.79 Å². The van der Waals surface area contributed by atoms with Crippen molar-refractivity contribution in [2.45, 2.75) is 38.6 Å². The van der Waals surface area contributed by atoms with Crippen LogP contribution in [0.25, 0.3) is 0 Å². The lowest BCUT2D eigenvalue weighted by Crippen LogP contribution is -2.45. The van der Waals surface area contributed by atoms with Crippen molar-refractivity contribution in [2.24, 2.45) is 0 Å². The number of nitrogens with one attached hydrogen (secondary N) is 2. The minimum Gasteiger partial charge on any atom is -0.348 e. The summed E-state index contributed by atoms with van der Waals surface area (Å²) in [5, 5.41) is 6.38. The van der Waals surface area contributed by atoms with Crippen LogP contribution in [0.4, 0.5) is 0 Å². The smallest absolute Gasteiger partial charge is 0.251 e. The van der Waals surface area contributed by atoms with Crippen LogP contribution in [-0.2, 0) is 0 Å². The van der Waals surface area contributed by atoms with Crippen molar-refractivity contribution >= 4 is 5.91 Å². The van der Waals surface area contributed by atoms with Crippen molar-refractivity contribution in [3.8, 4) is 0 Å². The van der Waals surface area contributed by atoms with Gasteiger partial charge in [0.25, 0.3) is 5.91 Å². The van der Waals surface area contributed by atoms with E-state index in [0.29, 0.717) is 5.92 Å². The highest BCUT2D eigenvalue weighted by atomic mass is 16.1. The van der Waals surface area contributed by atoms with E-state index in [1.54, 1.807) is 0 Å². The second kappa shape index (κ2) is 6.01. The van der Waals surface area contributed by atoms with E-state index in [1.807, 2.05) is 24.3 Å². The van der Waals surface area contributed by atoms with E-state index in [1.165, 1.54) is 5.56 Å². The Kier molecular flexibility index (Phi) is 4.37. The van der Waals surface area contributed by atoms with Gasteiger partial charge in [-0.25, -0.2) is 0 Å². The lowest BCUT2D eigenvalue weighted by molar-refractivity contribution is 0.0930. The van der Waals surface area contributed by atoms with Gasteiger partial charge in [0.15, 0.2) is 0 Å². The number of carbonyl (C=O) groups is 1. The first-order chi connectivity index (χ1) is 8.66. The highest BCUT2D eigenvalue weighted by Gasteiger charge is 2.16. The Morgan fingerprint density at radius 3 is 2.61 bits per heavy atom. The summed E-state index contributed by atoms with van der Waals surface area (Å²) in [6.07, 6.45) is 2.21. The zero-order chi connectivity index (χ0) is 13.0. The third kappa shape index (κ3) is 3.33. The van der Waals surface area contributed by atoms with Gasteiger partial charge < -0.3 is 10.6 Å². The molecule has 18 heavy (non-hydrogen) atoms. The van der Waals surface area contributed by atoms with Crippen LogP contribution in [0.3, 0.4) is 0 Å². The predicted molar refractivity (Wildman–Crippen MR) is 73.9 cm³/mol. The molecule has 98 valence electrons. The first-order valence-electron chi connectivity index (χ1n) is 6.78. The predicted octanol–water partition coefficient (Wildman–Crippen LogP) is 2.29. The van der Waals surface area contributed by atoms with Crippen LogP contribution in [0.5, 0.6) is 0 Å². The van der Waals surface area contributed by atoms with Gasteiger partial charge in [0.2, 0.25) is 0 Å². The molecule has 0 radical (unpaired) electrons. The lowest BCUT2D eigenvalue weighted by Gasteiger charge is -2.23. The maximum absolute atomic E-state index is 12.1. The first-order valence-corrected chi connectivity index (χ1v) is 6.78. The van der Waals surface area contributed by atoms with Gasteiger partial charge in [-0.3, -0.25) is 4.79 Å². The quantitative estimate of drug-likeness (QED) is 0.859. The molecule has 1 saturated heterocycles. The van der Waals surface area contributed by atoms with E-state index in [2.05, 4.69) is 24.5 Å². The fraction of sp³-hybridized carbons (Fsp3) is 0.533. The van der Waals surface area contributed by atoms with Crippen LogP contribution in [-0.4, -0.2) is 25.0 Å². The summed E-state index contributed by atoms with van der Waals surface area (Å²) in [6.45, 7) is 6.26. The van der Waals surface area contributed by atoms with Crippen molar-refractivity contribution in [3.63, 3.8) is 0 Å². The maximum atomic E-state index is 12.1. The third-order valence-electron chi connectivity index (χ3n) is 3.47. The molecule has 0 bridgehead atoms. The molecular weight excluding hydrogens is 224 g/mol. The van der Waals surface area contributed by atoms with Gasteiger partial charge in [-0.2, -0.15) is 0 Å². The lowest BCUT2D eigenvalue weighted by atomic mass is 10.0. The Labute approximate surface area is 109 Å². The Morgan fingerprint density at radius 2 is 2.06 bits per heavy atom. The van der Waals surface area contributed by atoms with Gasteiger partial charge in [-0.1, -0.05) is 26.0 Å². The summed E-state index contributed by atoms with van der Waals surface area (Å²) in [4.78, 5) is 12.1. The van der Waals surface area contributed by atoms with Crippen molar-refractivity contribution in [1.82, 2.24) is 10.6 Å². The van der Waals surface area contributed by atoms with Gasteiger partial charge in [-0.15, -0.1) is 0 Å². The number of hydrogen-bond acceptors (Lipinski definition) is 2. The van der Waals surface area contributed by atoms with Gasteiger partial charge in [0, 0.05) is 18.2 Å². The van der Waals surface area contributed by atoms with E-state index < -0.39 is 0 Å². The summed E-state index contributed by atoms with van der Waals surface area (Å²) in [7, 11) is 0. The molecule has 1 aromatic carbocycles. The van der Waals surface area contributed by atoms with Crippen LogP contribution < -0.4 is 10.6 Å². The van der Waals surface area contributed by atoms with Crippen LogP contribution in [0.2, 0.25) is 0 Å². The van der Waals surface area contributed by atoms with Crippen LogP contribution >= 0.6 is 0 Å². The molecule has 1 aliphatic rings. The Bertz CT molecular complexity index is 391. The number of benzene rings is 1. The van der Waals surface area contributed by atoms with Gasteiger partial charge in [-0.05, 0) is 43.0 Å². The van der Waals surface area contributed by atoms with Crippen molar-refractivity contribution in [1.29, 1.82) is 0 Å². The Hall–Kier alpha value is -1.35.